The number of hydrogen-bond donors (Lipinski definition) is 0. The van der Waals surface area contributed by atoms with Gasteiger partial charge in [-0.3, -0.25) is 4.98 Å². The van der Waals surface area contributed by atoms with Gasteiger partial charge in [0.05, 0.1) is 16.6 Å². The van der Waals surface area contributed by atoms with E-state index >= 15 is 0 Å². The summed E-state index contributed by atoms with van der Waals surface area (Å²) in [5.74, 6) is 0. The van der Waals surface area contributed by atoms with Gasteiger partial charge in [-0.15, -0.1) is 0 Å². The van der Waals surface area contributed by atoms with Crippen molar-refractivity contribution in [3.63, 3.8) is 0 Å². The molecule has 2 heterocycles. The minimum absolute atomic E-state index is 0.00177. The summed E-state index contributed by atoms with van der Waals surface area (Å²) in [7, 11) is 0. The van der Waals surface area contributed by atoms with Crippen molar-refractivity contribution < 1.29 is 0 Å². The van der Waals surface area contributed by atoms with Crippen LogP contribution in [0.2, 0.25) is 0 Å². The van der Waals surface area contributed by atoms with Crippen molar-refractivity contribution in [2.75, 3.05) is 0 Å². The number of pyridine rings is 1. The molecule has 0 atom stereocenters. The highest BCUT2D eigenvalue weighted by Crippen LogP contribution is 2.50. The van der Waals surface area contributed by atoms with Crippen molar-refractivity contribution in [2.45, 2.75) is 19.3 Å². The Hall–Kier alpha value is -6.25. The Morgan fingerprint density at radius 2 is 1.08 bits per heavy atom. The van der Waals surface area contributed by atoms with Crippen LogP contribution in [0.1, 0.15) is 25.0 Å². The maximum Gasteiger partial charge on any atom is 0.0708 e. The normalized spacial score (nSPS) is 13.2. The lowest BCUT2D eigenvalue weighted by atomic mass is 9.82. The molecule has 2 heteroatoms. The zero-order valence-electron chi connectivity index (χ0n) is 28.1. The Morgan fingerprint density at radius 3 is 1.94 bits per heavy atom. The van der Waals surface area contributed by atoms with Crippen LogP contribution in [0.3, 0.4) is 0 Å². The molecule has 0 saturated carbocycles. The van der Waals surface area contributed by atoms with Gasteiger partial charge in [-0.1, -0.05) is 135 Å². The fraction of sp³-hybridized carbons (Fsp3) is 0.0625. The molecule has 1 aliphatic carbocycles. The number of fused-ring (bicyclic) bond motifs is 7. The van der Waals surface area contributed by atoms with Crippen molar-refractivity contribution in [2.24, 2.45) is 0 Å². The third-order valence-corrected chi connectivity index (χ3v) is 10.9. The number of aromatic nitrogens is 2. The summed E-state index contributed by atoms with van der Waals surface area (Å²) in [6.07, 6.45) is 1.90. The lowest BCUT2D eigenvalue weighted by molar-refractivity contribution is 0.660. The minimum atomic E-state index is -0.00177. The van der Waals surface area contributed by atoms with Gasteiger partial charge in [0.15, 0.2) is 0 Å². The van der Waals surface area contributed by atoms with E-state index in [1.54, 1.807) is 0 Å². The molecule has 7 aromatic carbocycles. The molecule has 1 aliphatic rings. The van der Waals surface area contributed by atoms with Gasteiger partial charge < -0.3 is 4.57 Å². The third-order valence-electron chi connectivity index (χ3n) is 10.9. The maximum absolute atomic E-state index is 4.58. The van der Waals surface area contributed by atoms with E-state index in [0.717, 1.165) is 11.2 Å². The van der Waals surface area contributed by atoms with E-state index in [4.69, 9.17) is 0 Å². The topological polar surface area (TPSA) is 17.8 Å². The van der Waals surface area contributed by atoms with E-state index in [-0.39, 0.29) is 5.41 Å². The SMILES string of the molecule is CC1(C)c2ccccc2-c2cc(-c3ccc4c(c3)c3cccc(-c5ccc(-c6ccnc7ccccc67)cc5)c3n4-c3ccccc3)ccc21. The van der Waals surface area contributed by atoms with Crippen molar-refractivity contribution in [3.05, 3.63) is 181 Å². The van der Waals surface area contributed by atoms with Crippen LogP contribution in [0.5, 0.6) is 0 Å². The quantitative estimate of drug-likeness (QED) is 0.188. The molecule has 9 aromatic rings. The highest BCUT2D eigenvalue weighted by molar-refractivity contribution is 6.14. The van der Waals surface area contributed by atoms with Crippen LogP contribution in [0.25, 0.3) is 82.9 Å². The van der Waals surface area contributed by atoms with E-state index in [1.807, 2.05) is 12.3 Å². The minimum Gasteiger partial charge on any atom is -0.309 e. The van der Waals surface area contributed by atoms with Gasteiger partial charge in [-0.05, 0) is 92.5 Å². The molecular formula is C48H34N2. The van der Waals surface area contributed by atoms with E-state index in [9.17, 15) is 0 Å². The van der Waals surface area contributed by atoms with Crippen LogP contribution in [0.15, 0.2) is 170 Å². The zero-order chi connectivity index (χ0) is 33.4. The summed E-state index contributed by atoms with van der Waals surface area (Å²) in [5, 5.41) is 3.67. The first-order valence-electron chi connectivity index (χ1n) is 17.4. The second kappa shape index (κ2) is 10.9. The lowest BCUT2D eigenvalue weighted by Gasteiger charge is -2.21. The summed E-state index contributed by atoms with van der Waals surface area (Å²) in [6.45, 7) is 4.68. The van der Waals surface area contributed by atoms with Crippen LogP contribution in [0, 0.1) is 0 Å². The number of para-hydroxylation sites is 3. The molecule has 0 fully saturated rings. The fourth-order valence-electron chi connectivity index (χ4n) is 8.40. The number of rotatable bonds is 4. The van der Waals surface area contributed by atoms with Gasteiger partial charge in [0.2, 0.25) is 0 Å². The first-order valence-corrected chi connectivity index (χ1v) is 17.4. The van der Waals surface area contributed by atoms with Gasteiger partial charge in [-0.25, -0.2) is 0 Å². The molecule has 2 aromatic heterocycles. The summed E-state index contributed by atoms with van der Waals surface area (Å²) >= 11 is 0. The first-order chi connectivity index (χ1) is 24.6. The summed E-state index contributed by atoms with van der Waals surface area (Å²) < 4.78 is 2.44. The van der Waals surface area contributed by atoms with E-state index < -0.39 is 0 Å². The molecule has 0 aliphatic heterocycles. The Morgan fingerprint density at radius 1 is 0.440 bits per heavy atom. The fourth-order valence-corrected chi connectivity index (χ4v) is 8.40. The van der Waals surface area contributed by atoms with Crippen LogP contribution < -0.4 is 0 Å². The van der Waals surface area contributed by atoms with Crippen LogP contribution in [0.4, 0.5) is 0 Å². The highest BCUT2D eigenvalue weighted by atomic mass is 15.0. The molecule has 0 N–H and O–H groups in total. The molecule has 2 nitrogen and oxygen atoms in total. The predicted octanol–water partition coefficient (Wildman–Crippen LogP) is 12.6. The molecular weight excluding hydrogens is 605 g/mol. The summed E-state index contributed by atoms with van der Waals surface area (Å²) in [6, 6.07) is 59.9. The molecule has 0 unspecified atom stereocenters. The van der Waals surface area contributed by atoms with Gasteiger partial charge >= 0.3 is 0 Å². The van der Waals surface area contributed by atoms with Crippen LogP contribution >= 0.6 is 0 Å². The standard InChI is InChI=1S/C48H34N2/c1-48(2)43-17-8-6-13-38(43)41-29-33(23-25-44(41)48)34-24-26-46-42(30-34)40-16-10-15-37(47(40)50(46)35-11-4-3-5-12-35)32-21-19-31(20-22-32)36-27-28-49-45-18-9-7-14-39(36)45/h3-30H,1-2H3. The van der Waals surface area contributed by atoms with Crippen molar-refractivity contribution in [1.29, 1.82) is 0 Å². The Balaban J connectivity index is 1.15. The average molecular weight is 639 g/mol. The zero-order valence-corrected chi connectivity index (χ0v) is 28.1. The molecule has 0 spiro atoms. The van der Waals surface area contributed by atoms with E-state index in [1.165, 1.54) is 82.8 Å². The van der Waals surface area contributed by atoms with E-state index in [2.05, 4.69) is 181 Å². The maximum atomic E-state index is 4.58. The molecule has 0 radical (unpaired) electrons. The number of hydrogen-bond acceptors (Lipinski definition) is 1. The van der Waals surface area contributed by atoms with Crippen molar-refractivity contribution >= 4 is 32.7 Å². The molecule has 10 rings (SSSR count). The molecule has 236 valence electrons. The van der Waals surface area contributed by atoms with Crippen LogP contribution in [-0.4, -0.2) is 9.55 Å². The lowest BCUT2D eigenvalue weighted by Crippen LogP contribution is -2.14. The Bertz CT molecular complexity index is 2760. The number of nitrogens with zero attached hydrogens (tertiary/aromatic N) is 2. The molecule has 50 heavy (non-hydrogen) atoms. The average Bonchev–Trinajstić information content (AvgIpc) is 3.63. The van der Waals surface area contributed by atoms with E-state index in [0.29, 0.717) is 0 Å². The second-order valence-electron chi connectivity index (χ2n) is 14.0. The summed E-state index contributed by atoms with van der Waals surface area (Å²) in [5.41, 5.74) is 17.4. The second-order valence-corrected chi connectivity index (χ2v) is 14.0. The summed E-state index contributed by atoms with van der Waals surface area (Å²) in [4.78, 5) is 4.58. The largest absolute Gasteiger partial charge is 0.309 e. The van der Waals surface area contributed by atoms with Gasteiger partial charge in [0.25, 0.3) is 0 Å². The third kappa shape index (κ3) is 4.25. The molecule has 0 amide bonds. The first kappa shape index (κ1) is 28.7. The van der Waals surface area contributed by atoms with Gasteiger partial charge in [-0.2, -0.15) is 0 Å². The van der Waals surface area contributed by atoms with Gasteiger partial charge in [0.1, 0.15) is 0 Å². The Labute approximate surface area is 291 Å². The Kier molecular flexibility index (Phi) is 6.25. The van der Waals surface area contributed by atoms with Crippen molar-refractivity contribution in [1.82, 2.24) is 9.55 Å². The monoisotopic (exact) mass is 638 g/mol. The molecule has 0 bridgehead atoms. The number of benzene rings is 7. The predicted molar refractivity (Wildman–Crippen MR) is 210 cm³/mol. The molecule has 0 saturated heterocycles. The van der Waals surface area contributed by atoms with Crippen LogP contribution in [-0.2, 0) is 5.41 Å². The van der Waals surface area contributed by atoms with Gasteiger partial charge in [0, 0.05) is 39.0 Å². The smallest absolute Gasteiger partial charge is 0.0708 e. The highest BCUT2D eigenvalue weighted by Gasteiger charge is 2.35. The van der Waals surface area contributed by atoms with Crippen molar-refractivity contribution in [3.8, 4) is 50.2 Å².